The van der Waals surface area contributed by atoms with Gasteiger partial charge in [-0.2, -0.15) is 0 Å². The maximum atomic E-state index is 11.5. The molecule has 1 saturated heterocycles. The molecule has 0 bridgehead atoms. The van der Waals surface area contributed by atoms with E-state index >= 15 is 0 Å². The van der Waals surface area contributed by atoms with Gasteiger partial charge < -0.3 is 14.3 Å². The second-order valence-electron chi connectivity index (χ2n) is 9.40. The predicted octanol–water partition coefficient (Wildman–Crippen LogP) is 4.99. The van der Waals surface area contributed by atoms with Gasteiger partial charge in [0.15, 0.2) is 8.32 Å². The number of cyclic esters (lactones) is 1. The van der Waals surface area contributed by atoms with Crippen molar-refractivity contribution < 1.29 is 19.1 Å². The van der Waals surface area contributed by atoms with Crippen LogP contribution in [0.3, 0.4) is 0 Å². The second-order valence-corrected chi connectivity index (χ2v) is 14.2. The predicted molar refractivity (Wildman–Crippen MR) is 110 cm³/mol. The van der Waals surface area contributed by atoms with Crippen LogP contribution in [0.15, 0.2) is 25.3 Å². The molecule has 0 amide bonds. The summed E-state index contributed by atoms with van der Waals surface area (Å²) < 4.78 is 11.9. The van der Waals surface area contributed by atoms with Crippen LogP contribution in [0.2, 0.25) is 18.1 Å². The van der Waals surface area contributed by atoms with E-state index in [0.717, 1.165) is 12.8 Å². The Balaban J connectivity index is 2.67. The Labute approximate surface area is 160 Å². The van der Waals surface area contributed by atoms with Gasteiger partial charge in [0.25, 0.3) is 0 Å². The van der Waals surface area contributed by atoms with Crippen LogP contribution >= 0.6 is 0 Å². The number of hydrogen-bond acceptors (Lipinski definition) is 4. The Kier molecular flexibility index (Phi) is 7.87. The van der Waals surface area contributed by atoms with Gasteiger partial charge in [-0.3, -0.25) is 4.79 Å². The Morgan fingerprint density at radius 1 is 1.35 bits per heavy atom. The summed E-state index contributed by atoms with van der Waals surface area (Å²) in [4.78, 5) is 11.5. The van der Waals surface area contributed by atoms with E-state index in [0.29, 0.717) is 19.3 Å². The summed E-state index contributed by atoms with van der Waals surface area (Å²) in [6.45, 7) is 20.6. The molecular formula is C21H38O4Si. The smallest absolute Gasteiger partial charge is 0.306 e. The average Bonchev–Trinajstić information content (AvgIpc) is 2.82. The molecule has 1 heterocycles. The molecule has 1 aliphatic rings. The number of hydrogen-bond donors (Lipinski definition) is 1. The van der Waals surface area contributed by atoms with Crippen molar-refractivity contribution >= 4 is 14.3 Å². The Morgan fingerprint density at radius 3 is 2.46 bits per heavy atom. The monoisotopic (exact) mass is 382 g/mol. The van der Waals surface area contributed by atoms with Crippen molar-refractivity contribution in [1.82, 2.24) is 0 Å². The minimum atomic E-state index is -1.88. The highest BCUT2D eigenvalue weighted by Gasteiger charge is 2.40. The minimum Gasteiger partial charge on any atom is -0.462 e. The fourth-order valence-electron chi connectivity index (χ4n) is 3.07. The van der Waals surface area contributed by atoms with E-state index in [1.54, 1.807) is 6.08 Å². The van der Waals surface area contributed by atoms with Gasteiger partial charge in [-0.05, 0) is 44.3 Å². The van der Waals surface area contributed by atoms with Gasteiger partial charge in [0.1, 0.15) is 6.10 Å². The molecule has 5 heteroatoms. The molecule has 4 atom stereocenters. The van der Waals surface area contributed by atoms with Crippen molar-refractivity contribution in [2.45, 2.75) is 95.7 Å². The summed E-state index contributed by atoms with van der Waals surface area (Å²) in [5, 5.41) is 11.0. The summed E-state index contributed by atoms with van der Waals surface area (Å²) >= 11 is 0. The van der Waals surface area contributed by atoms with Crippen molar-refractivity contribution in [2.24, 2.45) is 5.92 Å². The Hall–Kier alpha value is -0.913. The summed E-state index contributed by atoms with van der Waals surface area (Å²) in [5.74, 6) is -0.220. The highest BCUT2D eigenvalue weighted by molar-refractivity contribution is 6.74. The molecule has 0 aromatic heterocycles. The molecule has 1 unspecified atom stereocenters. The quantitative estimate of drug-likeness (QED) is 0.328. The molecule has 26 heavy (non-hydrogen) atoms. The maximum absolute atomic E-state index is 11.5. The molecule has 1 aliphatic heterocycles. The molecule has 0 aliphatic carbocycles. The number of carbonyl (C=O) groups is 1. The topological polar surface area (TPSA) is 55.8 Å². The third-order valence-electron chi connectivity index (χ3n) is 5.81. The first kappa shape index (κ1) is 23.1. The van der Waals surface area contributed by atoms with E-state index in [1.807, 2.05) is 13.0 Å². The normalized spacial score (nSPS) is 24.7. The van der Waals surface area contributed by atoms with E-state index < -0.39 is 13.9 Å². The molecule has 1 N–H and O–H groups in total. The van der Waals surface area contributed by atoms with Crippen molar-refractivity contribution in [3.8, 4) is 0 Å². The first-order valence-electron chi connectivity index (χ1n) is 9.64. The summed E-state index contributed by atoms with van der Waals surface area (Å²) in [6.07, 6.45) is 6.33. The highest BCUT2D eigenvalue weighted by Crippen LogP contribution is 2.39. The first-order valence-corrected chi connectivity index (χ1v) is 12.6. The van der Waals surface area contributed by atoms with Gasteiger partial charge in [0.2, 0.25) is 0 Å². The standard InChI is InChI=1S/C21H38O4Si/c1-9-11-17(25-26(7,8)20(3,4)5)12-13-21(6,23)15-18-16(10-2)14-19(22)24-18/h9-10,16-18,23H,1-2,11-15H2,3-8H3/t16-,17?,18-,21+/m1/s1. The number of ether oxygens (including phenoxy) is 1. The minimum absolute atomic E-state index is 0.0126. The SMILES string of the molecule is C=CCC(CC[C@](C)(O)C[C@H]1OC(=O)C[C@H]1C=C)O[Si](C)(C)C(C)(C)C. The average molecular weight is 383 g/mol. The molecular weight excluding hydrogens is 344 g/mol. The molecule has 0 aromatic carbocycles. The number of aliphatic hydroxyl groups is 1. The maximum Gasteiger partial charge on any atom is 0.306 e. The number of esters is 1. The van der Waals surface area contributed by atoms with Crippen LogP contribution in [0.25, 0.3) is 0 Å². The summed E-state index contributed by atoms with van der Waals surface area (Å²) in [6, 6.07) is 0. The lowest BCUT2D eigenvalue weighted by molar-refractivity contribution is -0.143. The third-order valence-corrected chi connectivity index (χ3v) is 10.3. The van der Waals surface area contributed by atoms with Gasteiger partial charge in [0, 0.05) is 18.4 Å². The van der Waals surface area contributed by atoms with Crippen LogP contribution in [0.1, 0.15) is 59.8 Å². The van der Waals surface area contributed by atoms with Crippen LogP contribution in [0.5, 0.6) is 0 Å². The summed E-state index contributed by atoms with van der Waals surface area (Å²) in [5.41, 5.74) is -0.910. The van der Waals surface area contributed by atoms with Crippen LogP contribution in [0, 0.1) is 5.92 Å². The summed E-state index contributed by atoms with van der Waals surface area (Å²) in [7, 11) is -1.88. The van der Waals surface area contributed by atoms with Crippen molar-refractivity contribution in [3.05, 3.63) is 25.3 Å². The fraction of sp³-hybridized carbons (Fsp3) is 0.762. The molecule has 0 spiro atoms. The highest BCUT2D eigenvalue weighted by atomic mass is 28.4. The first-order chi connectivity index (χ1) is 11.8. The lowest BCUT2D eigenvalue weighted by Gasteiger charge is -2.40. The molecule has 0 saturated carbocycles. The Bertz CT molecular complexity index is 505. The number of carbonyl (C=O) groups excluding carboxylic acids is 1. The Morgan fingerprint density at radius 2 is 1.96 bits per heavy atom. The molecule has 0 aromatic rings. The third kappa shape index (κ3) is 6.67. The van der Waals surface area contributed by atoms with E-state index in [1.165, 1.54) is 0 Å². The van der Waals surface area contributed by atoms with E-state index in [-0.39, 0.29) is 29.1 Å². The molecule has 150 valence electrons. The lowest BCUT2D eigenvalue weighted by atomic mass is 9.87. The van der Waals surface area contributed by atoms with Crippen LogP contribution < -0.4 is 0 Å². The van der Waals surface area contributed by atoms with E-state index in [4.69, 9.17) is 9.16 Å². The second kappa shape index (κ2) is 8.85. The zero-order chi connectivity index (χ0) is 20.2. The lowest BCUT2D eigenvalue weighted by Crippen LogP contribution is -2.44. The largest absolute Gasteiger partial charge is 0.462 e. The fourth-order valence-corrected chi connectivity index (χ4v) is 4.47. The van der Waals surface area contributed by atoms with Crippen LogP contribution in [-0.2, 0) is 14.0 Å². The van der Waals surface area contributed by atoms with E-state index in [9.17, 15) is 9.90 Å². The van der Waals surface area contributed by atoms with Gasteiger partial charge in [-0.25, -0.2) is 0 Å². The number of rotatable bonds is 10. The van der Waals surface area contributed by atoms with Crippen molar-refractivity contribution in [2.75, 3.05) is 0 Å². The molecule has 0 radical (unpaired) electrons. The van der Waals surface area contributed by atoms with Gasteiger partial charge >= 0.3 is 5.97 Å². The van der Waals surface area contributed by atoms with Gasteiger partial charge in [-0.1, -0.05) is 32.9 Å². The van der Waals surface area contributed by atoms with Crippen LogP contribution in [0.4, 0.5) is 0 Å². The zero-order valence-corrected chi connectivity index (χ0v) is 18.5. The van der Waals surface area contributed by atoms with Crippen LogP contribution in [-0.4, -0.2) is 37.2 Å². The van der Waals surface area contributed by atoms with Crippen molar-refractivity contribution in [1.29, 1.82) is 0 Å². The molecule has 1 rings (SSSR count). The zero-order valence-electron chi connectivity index (χ0n) is 17.5. The van der Waals surface area contributed by atoms with Gasteiger partial charge in [0.05, 0.1) is 12.0 Å². The molecule has 1 fully saturated rings. The molecule has 4 nitrogen and oxygen atoms in total. The van der Waals surface area contributed by atoms with Gasteiger partial charge in [-0.15, -0.1) is 13.2 Å². The van der Waals surface area contributed by atoms with E-state index in [2.05, 4.69) is 47.0 Å². The van der Waals surface area contributed by atoms with Crippen molar-refractivity contribution in [3.63, 3.8) is 0 Å².